The molecule has 2 unspecified atom stereocenters. The molecular weight excluding hydrogens is 449 g/mol. The Kier molecular flexibility index (Phi) is 5.82. The highest BCUT2D eigenvalue weighted by Gasteiger charge is 2.35. The Labute approximate surface area is 194 Å². The van der Waals surface area contributed by atoms with E-state index < -0.39 is 17.0 Å². The molecular formula is C23H25ClFN5OS. The van der Waals surface area contributed by atoms with Gasteiger partial charge in [-0.3, -0.25) is 4.21 Å². The lowest BCUT2D eigenvalue weighted by Gasteiger charge is -2.39. The molecule has 0 amide bonds. The summed E-state index contributed by atoms with van der Waals surface area (Å²) in [6.07, 6.45) is 0.259. The Hall–Kier alpha value is -2.58. The van der Waals surface area contributed by atoms with E-state index in [1.54, 1.807) is 12.1 Å². The number of allylic oxidation sites excluding steroid dienone is 1. The van der Waals surface area contributed by atoms with Crippen molar-refractivity contribution in [2.45, 2.75) is 19.5 Å². The average molecular weight is 474 g/mol. The highest BCUT2D eigenvalue weighted by Crippen LogP contribution is 2.30. The van der Waals surface area contributed by atoms with Crippen LogP contribution in [0.4, 0.5) is 15.8 Å². The summed E-state index contributed by atoms with van der Waals surface area (Å²) in [4.78, 5) is 10.2. The van der Waals surface area contributed by atoms with Crippen molar-refractivity contribution in [2.24, 2.45) is 4.99 Å². The minimum Gasteiger partial charge on any atom is -0.368 e. The summed E-state index contributed by atoms with van der Waals surface area (Å²) in [5, 5.41) is 7.45. The van der Waals surface area contributed by atoms with Gasteiger partial charge in [0.1, 0.15) is 5.82 Å². The number of aryl methyl sites for hydroxylation is 1. The molecule has 6 nitrogen and oxygen atoms in total. The molecule has 5 rings (SSSR count). The van der Waals surface area contributed by atoms with E-state index in [0.717, 1.165) is 54.2 Å². The van der Waals surface area contributed by atoms with Crippen molar-refractivity contribution in [2.75, 3.05) is 42.1 Å². The summed E-state index contributed by atoms with van der Waals surface area (Å²) in [6, 6.07) is 12.3. The first kappa shape index (κ1) is 21.3. The van der Waals surface area contributed by atoms with Gasteiger partial charge >= 0.3 is 0 Å². The molecule has 3 aliphatic rings. The Bertz CT molecular complexity index is 1130. The lowest BCUT2D eigenvalue weighted by Crippen LogP contribution is -2.54. The lowest BCUT2D eigenvalue weighted by atomic mass is 10.1. The minimum absolute atomic E-state index is 0.316. The summed E-state index contributed by atoms with van der Waals surface area (Å²) >= 11 is 6.11. The number of aliphatic imine (C=N–C) groups is 1. The van der Waals surface area contributed by atoms with E-state index in [1.807, 2.05) is 12.1 Å². The Morgan fingerprint density at radius 1 is 1.16 bits per heavy atom. The van der Waals surface area contributed by atoms with E-state index in [1.165, 1.54) is 23.4 Å². The number of piperazine rings is 1. The van der Waals surface area contributed by atoms with E-state index in [4.69, 9.17) is 16.6 Å². The van der Waals surface area contributed by atoms with Gasteiger partial charge in [0.2, 0.25) is 5.96 Å². The van der Waals surface area contributed by atoms with Gasteiger partial charge in [-0.2, -0.15) is 0 Å². The second-order valence-electron chi connectivity index (χ2n) is 8.18. The molecule has 2 atom stereocenters. The maximum atomic E-state index is 13.7. The number of nitrogens with zero attached hydrogens (tertiary/aromatic N) is 3. The SMILES string of the molecule is Cc1cc(Cl)ccc1N1CCN(C2=NC(Nc3cccc(F)c3)C3=C(CCS3=O)N2)CC1. The summed E-state index contributed by atoms with van der Waals surface area (Å²) in [5.74, 6) is 1.05. The molecule has 1 saturated heterocycles. The summed E-state index contributed by atoms with van der Waals surface area (Å²) in [7, 11) is -1.09. The van der Waals surface area contributed by atoms with Crippen LogP contribution in [0.3, 0.4) is 0 Å². The van der Waals surface area contributed by atoms with Crippen molar-refractivity contribution in [1.29, 1.82) is 0 Å². The predicted molar refractivity (Wildman–Crippen MR) is 129 cm³/mol. The molecule has 2 N–H and O–H groups in total. The van der Waals surface area contributed by atoms with Crippen molar-refractivity contribution in [3.8, 4) is 0 Å². The largest absolute Gasteiger partial charge is 0.368 e. The highest BCUT2D eigenvalue weighted by atomic mass is 35.5. The number of nitrogens with one attached hydrogen (secondary N) is 2. The van der Waals surface area contributed by atoms with Crippen LogP contribution in [0.25, 0.3) is 0 Å². The van der Waals surface area contributed by atoms with Crippen LogP contribution < -0.4 is 15.5 Å². The third-order valence-corrected chi connectivity index (χ3v) is 7.82. The number of rotatable bonds is 3. The van der Waals surface area contributed by atoms with Crippen LogP contribution >= 0.6 is 11.6 Å². The molecule has 2 aromatic rings. The first-order valence-corrected chi connectivity index (χ1v) is 12.4. The molecule has 0 bridgehead atoms. The summed E-state index contributed by atoms with van der Waals surface area (Å²) in [5.41, 5.74) is 3.97. The molecule has 32 heavy (non-hydrogen) atoms. The molecule has 0 aromatic heterocycles. The summed E-state index contributed by atoms with van der Waals surface area (Å²) in [6.45, 7) is 5.43. The maximum Gasteiger partial charge on any atom is 0.200 e. The van der Waals surface area contributed by atoms with Crippen LogP contribution in [-0.2, 0) is 10.8 Å². The van der Waals surface area contributed by atoms with Crippen LogP contribution in [-0.4, -0.2) is 53.2 Å². The van der Waals surface area contributed by atoms with E-state index >= 15 is 0 Å². The first-order chi connectivity index (χ1) is 15.5. The van der Waals surface area contributed by atoms with Crippen molar-refractivity contribution in [1.82, 2.24) is 10.2 Å². The Morgan fingerprint density at radius 3 is 2.69 bits per heavy atom. The van der Waals surface area contributed by atoms with Gasteiger partial charge in [0.15, 0.2) is 6.17 Å². The van der Waals surface area contributed by atoms with Gasteiger partial charge in [0.25, 0.3) is 0 Å². The first-order valence-electron chi connectivity index (χ1n) is 10.7. The Morgan fingerprint density at radius 2 is 1.94 bits per heavy atom. The van der Waals surface area contributed by atoms with Gasteiger partial charge in [-0.15, -0.1) is 0 Å². The molecule has 3 aliphatic heterocycles. The van der Waals surface area contributed by atoms with Crippen molar-refractivity contribution < 1.29 is 8.60 Å². The van der Waals surface area contributed by atoms with Gasteiger partial charge < -0.3 is 20.4 Å². The number of halogens is 2. The van der Waals surface area contributed by atoms with Crippen molar-refractivity contribution >= 4 is 39.7 Å². The minimum atomic E-state index is -1.09. The second-order valence-corrected chi connectivity index (χ2v) is 10.2. The number of hydrogen-bond donors (Lipinski definition) is 2. The van der Waals surface area contributed by atoms with E-state index in [2.05, 4.69) is 33.4 Å². The third kappa shape index (κ3) is 4.21. The molecule has 0 aliphatic carbocycles. The van der Waals surface area contributed by atoms with E-state index in [0.29, 0.717) is 11.4 Å². The summed E-state index contributed by atoms with van der Waals surface area (Å²) < 4.78 is 26.3. The van der Waals surface area contributed by atoms with Crippen molar-refractivity contribution in [3.63, 3.8) is 0 Å². The normalized spacial score (nSPS) is 23.0. The molecule has 9 heteroatoms. The van der Waals surface area contributed by atoms with Crippen LogP contribution in [0.15, 0.2) is 58.1 Å². The number of hydrogen-bond acceptors (Lipinski definition) is 6. The van der Waals surface area contributed by atoms with E-state index in [-0.39, 0.29) is 5.82 Å². The van der Waals surface area contributed by atoms with E-state index in [9.17, 15) is 8.60 Å². The third-order valence-electron chi connectivity index (χ3n) is 6.05. The fourth-order valence-electron chi connectivity index (χ4n) is 4.45. The average Bonchev–Trinajstić information content (AvgIpc) is 3.15. The fourth-order valence-corrected chi connectivity index (χ4v) is 6.08. The number of guanidine groups is 1. The molecule has 0 saturated carbocycles. The number of benzene rings is 2. The monoisotopic (exact) mass is 473 g/mol. The molecule has 1 fully saturated rings. The van der Waals surface area contributed by atoms with Crippen molar-refractivity contribution in [3.05, 3.63) is 69.5 Å². The zero-order chi connectivity index (χ0) is 22.2. The lowest BCUT2D eigenvalue weighted by molar-refractivity contribution is 0.372. The maximum absolute atomic E-state index is 13.7. The second kappa shape index (κ2) is 8.75. The van der Waals surface area contributed by atoms with Gasteiger partial charge in [-0.25, -0.2) is 9.38 Å². The molecule has 168 valence electrons. The standard InChI is InChI=1S/C23H25ClFN5OS/c1-15-13-16(24)5-6-20(15)29-8-10-30(11-9-29)23-27-19-7-12-32(31)21(19)22(28-23)26-18-4-2-3-17(25)14-18/h2-6,13-14,22,26H,7-12H2,1H3,(H,27,28). The number of anilines is 2. The molecule has 0 spiro atoms. The highest BCUT2D eigenvalue weighted by molar-refractivity contribution is 7.89. The van der Waals surface area contributed by atoms with Crippen LogP contribution in [0.1, 0.15) is 12.0 Å². The fraction of sp³-hybridized carbons (Fsp3) is 0.348. The van der Waals surface area contributed by atoms with Gasteiger partial charge in [0.05, 0.1) is 15.7 Å². The van der Waals surface area contributed by atoms with Crippen LogP contribution in [0.2, 0.25) is 5.02 Å². The van der Waals surface area contributed by atoms with Gasteiger partial charge in [0, 0.05) is 60.4 Å². The molecule has 0 radical (unpaired) electrons. The molecule has 2 aromatic carbocycles. The molecule has 3 heterocycles. The topological polar surface area (TPSA) is 60.0 Å². The van der Waals surface area contributed by atoms with Gasteiger partial charge in [-0.1, -0.05) is 17.7 Å². The smallest absolute Gasteiger partial charge is 0.200 e. The quantitative estimate of drug-likeness (QED) is 0.712. The zero-order valence-electron chi connectivity index (χ0n) is 17.8. The predicted octanol–water partition coefficient (Wildman–Crippen LogP) is 3.67. The Balaban J connectivity index is 1.33. The van der Waals surface area contributed by atoms with Crippen LogP contribution in [0, 0.1) is 12.7 Å². The van der Waals surface area contributed by atoms with Gasteiger partial charge in [-0.05, 0) is 48.9 Å². The van der Waals surface area contributed by atoms with Crippen LogP contribution in [0.5, 0.6) is 0 Å². The zero-order valence-corrected chi connectivity index (χ0v) is 19.3.